The number of carbonyl (C=O) groups excluding carboxylic acids is 1. The Hall–Kier alpha value is 0.104. The molecule has 0 heterocycles. The molecule has 0 aliphatic heterocycles. The van der Waals surface area contributed by atoms with Crippen LogP contribution in [-0.2, 0) is 31.2 Å². The predicted octanol–water partition coefficient (Wildman–Crippen LogP) is 0.951. The molecule has 0 aliphatic carbocycles. The summed E-state index contributed by atoms with van der Waals surface area (Å²) in [5.41, 5.74) is 0. The molecular formula is C10H22O4Ti. The Bertz CT molecular complexity index is 146. The summed E-state index contributed by atoms with van der Waals surface area (Å²) in [5.74, 6) is -0.125. The van der Waals surface area contributed by atoms with Gasteiger partial charge in [0.25, 0.3) is 0 Å². The van der Waals surface area contributed by atoms with Crippen LogP contribution in [0.3, 0.4) is 0 Å². The van der Waals surface area contributed by atoms with Crippen molar-refractivity contribution in [1.82, 2.24) is 0 Å². The number of aliphatic hydroxyl groups excluding tert-OH is 2. The summed E-state index contributed by atoms with van der Waals surface area (Å²) < 4.78 is 4.62. The van der Waals surface area contributed by atoms with Crippen LogP contribution in [0.2, 0.25) is 0 Å². The standard InChI is InChI=1S/C6H12O3.C4H10O.Ti/c1-4(2)9-6(8)5(3)7;1-4(2)3-5;/h4-5,7H,1-3H3;4-5H,3H2,1-2H3;. The summed E-state index contributed by atoms with van der Waals surface area (Å²) in [4.78, 5) is 10.5. The Morgan fingerprint density at radius 2 is 1.53 bits per heavy atom. The normalized spacial score (nSPS) is 11.3. The quantitative estimate of drug-likeness (QED) is 0.581. The Morgan fingerprint density at radius 3 is 1.60 bits per heavy atom. The molecule has 0 amide bonds. The zero-order valence-electron chi connectivity index (χ0n) is 10.2. The minimum absolute atomic E-state index is 0. The van der Waals surface area contributed by atoms with Crippen molar-refractivity contribution in [2.75, 3.05) is 6.61 Å². The molecule has 0 radical (unpaired) electrons. The number of aliphatic hydroxyl groups is 2. The number of hydrogen-bond donors (Lipinski definition) is 2. The van der Waals surface area contributed by atoms with Crippen LogP contribution < -0.4 is 0 Å². The Morgan fingerprint density at radius 1 is 1.20 bits per heavy atom. The van der Waals surface area contributed by atoms with Gasteiger partial charge in [-0.15, -0.1) is 0 Å². The van der Waals surface area contributed by atoms with Gasteiger partial charge in [0.2, 0.25) is 0 Å². The molecule has 4 nitrogen and oxygen atoms in total. The van der Waals surface area contributed by atoms with Gasteiger partial charge in [-0.1, -0.05) is 13.8 Å². The van der Waals surface area contributed by atoms with E-state index in [4.69, 9.17) is 10.2 Å². The maximum Gasteiger partial charge on any atom is 0.334 e. The molecule has 0 aromatic rings. The predicted molar refractivity (Wildman–Crippen MR) is 54.8 cm³/mol. The molecule has 0 fully saturated rings. The molecule has 0 spiro atoms. The van der Waals surface area contributed by atoms with E-state index in [1.54, 1.807) is 13.8 Å². The summed E-state index contributed by atoms with van der Waals surface area (Å²) in [6, 6.07) is 0. The Kier molecular flexibility index (Phi) is 16.6. The second-order valence-electron chi connectivity index (χ2n) is 3.74. The Labute approximate surface area is 107 Å². The summed E-state index contributed by atoms with van der Waals surface area (Å²) >= 11 is 0. The van der Waals surface area contributed by atoms with Gasteiger partial charge >= 0.3 is 5.97 Å². The smallest absolute Gasteiger partial charge is 0.334 e. The van der Waals surface area contributed by atoms with Crippen LogP contribution in [-0.4, -0.2) is 35.0 Å². The fourth-order valence-electron chi connectivity index (χ4n) is 0.331. The number of carbonyl (C=O) groups is 1. The van der Waals surface area contributed by atoms with Crippen molar-refractivity contribution in [2.45, 2.75) is 46.8 Å². The van der Waals surface area contributed by atoms with Crippen LogP contribution in [0.1, 0.15) is 34.6 Å². The van der Waals surface area contributed by atoms with E-state index in [-0.39, 0.29) is 27.8 Å². The molecule has 0 aromatic heterocycles. The number of ether oxygens (including phenoxy) is 1. The van der Waals surface area contributed by atoms with Crippen LogP contribution >= 0.6 is 0 Å². The molecule has 0 rings (SSSR count). The maximum absolute atomic E-state index is 10.5. The fourth-order valence-corrected chi connectivity index (χ4v) is 0.331. The molecule has 2 N–H and O–H groups in total. The van der Waals surface area contributed by atoms with E-state index in [1.807, 2.05) is 13.8 Å². The third-order valence-electron chi connectivity index (χ3n) is 1.06. The first-order valence-electron chi connectivity index (χ1n) is 4.80. The third kappa shape index (κ3) is 20.2. The van der Waals surface area contributed by atoms with Crippen molar-refractivity contribution in [3.63, 3.8) is 0 Å². The summed E-state index contributed by atoms with van der Waals surface area (Å²) in [5, 5.41) is 16.7. The van der Waals surface area contributed by atoms with E-state index in [2.05, 4.69) is 4.74 Å². The average molecular weight is 254 g/mol. The van der Waals surface area contributed by atoms with Crippen LogP contribution in [0.25, 0.3) is 0 Å². The molecule has 1 atom stereocenters. The molecule has 0 bridgehead atoms. The van der Waals surface area contributed by atoms with Gasteiger partial charge in [-0.3, -0.25) is 0 Å². The van der Waals surface area contributed by atoms with Gasteiger partial charge in [0.15, 0.2) is 0 Å². The van der Waals surface area contributed by atoms with Gasteiger partial charge in [-0.25, -0.2) is 4.79 Å². The monoisotopic (exact) mass is 254 g/mol. The summed E-state index contributed by atoms with van der Waals surface area (Å²) in [6.07, 6.45) is -1.15. The first-order valence-corrected chi connectivity index (χ1v) is 4.80. The fraction of sp³-hybridized carbons (Fsp3) is 0.900. The van der Waals surface area contributed by atoms with Gasteiger partial charge in [0, 0.05) is 28.3 Å². The average Bonchev–Trinajstić information content (AvgIpc) is 2.04. The zero-order chi connectivity index (χ0) is 11.7. The summed E-state index contributed by atoms with van der Waals surface area (Å²) in [7, 11) is 0. The van der Waals surface area contributed by atoms with E-state index in [0.717, 1.165) is 0 Å². The van der Waals surface area contributed by atoms with Gasteiger partial charge in [0.1, 0.15) is 6.10 Å². The molecular weight excluding hydrogens is 232 g/mol. The molecule has 1 unspecified atom stereocenters. The number of esters is 1. The molecule has 0 aliphatic rings. The van der Waals surface area contributed by atoms with Crippen LogP contribution in [0.4, 0.5) is 0 Å². The van der Waals surface area contributed by atoms with Gasteiger partial charge in [-0.2, -0.15) is 0 Å². The third-order valence-corrected chi connectivity index (χ3v) is 1.06. The van der Waals surface area contributed by atoms with Crippen molar-refractivity contribution >= 4 is 5.97 Å². The first-order chi connectivity index (χ1) is 6.31. The molecule has 0 saturated carbocycles. The van der Waals surface area contributed by atoms with E-state index < -0.39 is 12.1 Å². The van der Waals surface area contributed by atoms with E-state index >= 15 is 0 Å². The number of rotatable bonds is 3. The van der Waals surface area contributed by atoms with Crippen molar-refractivity contribution in [3.05, 3.63) is 0 Å². The van der Waals surface area contributed by atoms with Crippen molar-refractivity contribution in [3.8, 4) is 0 Å². The SMILES string of the molecule is CC(C)CO.CC(C)OC(=O)C(C)O.[Ti]. The second-order valence-corrected chi connectivity index (χ2v) is 3.74. The van der Waals surface area contributed by atoms with Gasteiger partial charge < -0.3 is 14.9 Å². The Balaban J connectivity index is -0.000000208. The van der Waals surface area contributed by atoms with Crippen LogP contribution in [0.15, 0.2) is 0 Å². The second kappa shape index (κ2) is 12.2. The van der Waals surface area contributed by atoms with E-state index in [9.17, 15) is 4.79 Å². The largest absolute Gasteiger partial charge is 0.461 e. The topological polar surface area (TPSA) is 66.8 Å². The molecule has 0 saturated heterocycles. The molecule has 15 heavy (non-hydrogen) atoms. The van der Waals surface area contributed by atoms with Crippen molar-refractivity contribution in [2.24, 2.45) is 5.92 Å². The van der Waals surface area contributed by atoms with Crippen molar-refractivity contribution < 1.29 is 41.5 Å². The minimum Gasteiger partial charge on any atom is -0.461 e. The van der Waals surface area contributed by atoms with Crippen molar-refractivity contribution in [1.29, 1.82) is 0 Å². The number of hydrogen-bond acceptors (Lipinski definition) is 4. The maximum atomic E-state index is 10.5. The minimum atomic E-state index is -1.01. The molecule has 0 aromatic carbocycles. The summed E-state index contributed by atoms with van der Waals surface area (Å²) in [6.45, 7) is 9.10. The van der Waals surface area contributed by atoms with E-state index in [0.29, 0.717) is 12.5 Å². The zero-order valence-corrected chi connectivity index (χ0v) is 11.7. The molecule has 5 heteroatoms. The van der Waals surface area contributed by atoms with Crippen LogP contribution in [0.5, 0.6) is 0 Å². The van der Waals surface area contributed by atoms with Gasteiger partial charge in [0.05, 0.1) is 6.10 Å². The van der Waals surface area contributed by atoms with E-state index in [1.165, 1.54) is 6.92 Å². The van der Waals surface area contributed by atoms with Gasteiger partial charge in [-0.05, 0) is 26.7 Å². The molecule has 90 valence electrons. The first kappa shape index (κ1) is 20.5. The van der Waals surface area contributed by atoms with Crippen LogP contribution in [0, 0.1) is 5.92 Å².